The van der Waals surface area contributed by atoms with Crippen LogP contribution in [0.2, 0.25) is 0 Å². The Morgan fingerprint density at radius 2 is 2.00 bits per heavy atom. The van der Waals surface area contributed by atoms with Crippen LogP contribution in [0.3, 0.4) is 0 Å². The molecule has 0 spiro atoms. The van der Waals surface area contributed by atoms with Gasteiger partial charge in [-0.1, -0.05) is 27.7 Å². The van der Waals surface area contributed by atoms with Gasteiger partial charge < -0.3 is 15.7 Å². The Bertz CT molecular complexity index is 200. The van der Waals surface area contributed by atoms with E-state index < -0.39 is 6.10 Å². The number of carbonyl (C=O) groups is 1. The van der Waals surface area contributed by atoms with Gasteiger partial charge in [-0.05, 0) is 24.8 Å². The molecule has 0 saturated heterocycles. The second-order valence-corrected chi connectivity index (χ2v) is 5.40. The van der Waals surface area contributed by atoms with Gasteiger partial charge in [-0.15, -0.1) is 0 Å². The van der Waals surface area contributed by atoms with Crippen molar-refractivity contribution in [3.05, 3.63) is 0 Å². The van der Waals surface area contributed by atoms with Gasteiger partial charge in [0.15, 0.2) is 0 Å². The smallest absolute Gasteiger partial charge is 0.234 e. The predicted molar refractivity (Wildman–Crippen MR) is 66.2 cm³/mol. The molecular weight excluding hydrogens is 204 g/mol. The van der Waals surface area contributed by atoms with E-state index in [0.29, 0.717) is 19.5 Å². The zero-order chi connectivity index (χ0) is 12.6. The van der Waals surface area contributed by atoms with Crippen LogP contribution in [-0.4, -0.2) is 36.8 Å². The molecule has 0 fully saturated rings. The van der Waals surface area contributed by atoms with E-state index in [1.165, 1.54) is 0 Å². The average Bonchev–Trinajstić information content (AvgIpc) is 2.12. The summed E-state index contributed by atoms with van der Waals surface area (Å²) in [5.41, 5.74) is 0.0879. The van der Waals surface area contributed by atoms with Gasteiger partial charge in [0, 0.05) is 6.54 Å². The maximum Gasteiger partial charge on any atom is 0.234 e. The highest BCUT2D eigenvalue weighted by molar-refractivity contribution is 5.77. The first-order valence-electron chi connectivity index (χ1n) is 6.00. The predicted octanol–water partition coefficient (Wildman–Crippen LogP) is 0.899. The molecule has 1 unspecified atom stereocenters. The number of aliphatic hydroxyl groups is 1. The molecule has 4 heteroatoms. The molecule has 0 saturated carbocycles. The van der Waals surface area contributed by atoms with Crippen LogP contribution in [0.25, 0.3) is 0 Å². The Hall–Kier alpha value is -0.610. The molecule has 0 aromatic carbocycles. The molecule has 0 aliphatic heterocycles. The number of aliphatic hydroxyl groups excluding tert-OH is 1. The summed E-state index contributed by atoms with van der Waals surface area (Å²) in [6, 6.07) is 0. The van der Waals surface area contributed by atoms with Gasteiger partial charge in [-0.25, -0.2) is 0 Å². The summed E-state index contributed by atoms with van der Waals surface area (Å²) >= 11 is 0. The summed E-state index contributed by atoms with van der Waals surface area (Å²) in [6.07, 6.45) is 1.24. The zero-order valence-corrected chi connectivity index (χ0v) is 11.0. The minimum Gasteiger partial charge on any atom is -0.391 e. The molecule has 0 aliphatic carbocycles. The molecule has 0 heterocycles. The number of rotatable bonds is 7. The number of hydrogen-bond acceptors (Lipinski definition) is 3. The summed E-state index contributed by atoms with van der Waals surface area (Å²) in [7, 11) is 0. The number of hydrogen-bond donors (Lipinski definition) is 3. The van der Waals surface area contributed by atoms with Gasteiger partial charge in [-0.3, -0.25) is 4.79 Å². The highest BCUT2D eigenvalue weighted by Crippen LogP contribution is 2.20. The lowest BCUT2D eigenvalue weighted by Gasteiger charge is -2.22. The third kappa shape index (κ3) is 9.93. The minimum absolute atomic E-state index is 0.0543. The Kier molecular flexibility index (Phi) is 7.34. The summed E-state index contributed by atoms with van der Waals surface area (Å²) in [5, 5.41) is 15.4. The van der Waals surface area contributed by atoms with Crippen molar-refractivity contribution in [1.82, 2.24) is 10.6 Å². The first-order valence-corrected chi connectivity index (χ1v) is 6.00. The molecule has 0 rings (SSSR count). The van der Waals surface area contributed by atoms with E-state index >= 15 is 0 Å². The van der Waals surface area contributed by atoms with Crippen molar-refractivity contribution in [3.63, 3.8) is 0 Å². The van der Waals surface area contributed by atoms with Gasteiger partial charge in [0.2, 0.25) is 5.91 Å². The lowest BCUT2D eigenvalue weighted by atomic mass is 9.89. The first kappa shape index (κ1) is 15.4. The third-order valence-corrected chi connectivity index (χ3v) is 2.10. The van der Waals surface area contributed by atoms with Crippen molar-refractivity contribution < 1.29 is 9.90 Å². The third-order valence-electron chi connectivity index (χ3n) is 2.10. The Balaban J connectivity index is 3.59. The molecule has 3 N–H and O–H groups in total. The Labute approximate surface area is 98.8 Å². The topological polar surface area (TPSA) is 61.4 Å². The van der Waals surface area contributed by atoms with Crippen LogP contribution in [0.15, 0.2) is 0 Å². The van der Waals surface area contributed by atoms with Crippen LogP contribution in [0.1, 0.15) is 40.5 Å². The maximum absolute atomic E-state index is 11.3. The molecule has 1 amide bonds. The van der Waals surface area contributed by atoms with Gasteiger partial charge in [0.25, 0.3) is 0 Å². The van der Waals surface area contributed by atoms with Crippen LogP contribution in [-0.2, 0) is 4.79 Å². The largest absolute Gasteiger partial charge is 0.391 e. The summed E-state index contributed by atoms with van der Waals surface area (Å²) in [5.74, 6) is -0.0543. The van der Waals surface area contributed by atoms with E-state index in [2.05, 4.69) is 38.3 Å². The van der Waals surface area contributed by atoms with Crippen molar-refractivity contribution in [2.45, 2.75) is 46.6 Å². The molecule has 0 aromatic heterocycles. The second-order valence-electron chi connectivity index (χ2n) is 5.40. The van der Waals surface area contributed by atoms with Crippen molar-refractivity contribution in [1.29, 1.82) is 0 Å². The van der Waals surface area contributed by atoms with Crippen molar-refractivity contribution >= 4 is 5.91 Å². The number of carbonyl (C=O) groups excluding carboxylic acids is 1. The van der Waals surface area contributed by atoms with Crippen LogP contribution >= 0.6 is 0 Å². The van der Waals surface area contributed by atoms with E-state index in [1.807, 2.05) is 0 Å². The summed E-state index contributed by atoms with van der Waals surface area (Å²) < 4.78 is 0. The first-order chi connectivity index (χ1) is 7.35. The molecule has 0 aliphatic rings. The fraction of sp³-hybridized carbons (Fsp3) is 0.917. The Morgan fingerprint density at radius 3 is 2.50 bits per heavy atom. The SMILES string of the molecule is CCCNCC(=O)NCC(O)CC(C)(C)C. The lowest BCUT2D eigenvalue weighted by Crippen LogP contribution is -2.39. The lowest BCUT2D eigenvalue weighted by molar-refractivity contribution is -0.120. The highest BCUT2D eigenvalue weighted by Gasteiger charge is 2.16. The van der Waals surface area contributed by atoms with Gasteiger partial charge in [-0.2, -0.15) is 0 Å². The van der Waals surface area contributed by atoms with E-state index in [0.717, 1.165) is 13.0 Å². The van der Waals surface area contributed by atoms with Crippen LogP contribution in [0.4, 0.5) is 0 Å². The maximum atomic E-state index is 11.3. The van der Waals surface area contributed by atoms with Crippen molar-refractivity contribution in [2.75, 3.05) is 19.6 Å². The molecule has 16 heavy (non-hydrogen) atoms. The fourth-order valence-corrected chi connectivity index (χ4v) is 1.45. The fourth-order valence-electron chi connectivity index (χ4n) is 1.45. The summed E-state index contributed by atoms with van der Waals surface area (Å²) in [4.78, 5) is 11.3. The van der Waals surface area contributed by atoms with Gasteiger partial charge in [0.05, 0.1) is 12.6 Å². The zero-order valence-electron chi connectivity index (χ0n) is 11.0. The molecule has 0 bridgehead atoms. The standard InChI is InChI=1S/C12H26N2O2/c1-5-6-13-9-11(16)14-8-10(15)7-12(2,3)4/h10,13,15H,5-9H2,1-4H3,(H,14,16). The van der Waals surface area contributed by atoms with Crippen molar-refractivity contribution in [3.8, 4) is 0 Å². The minimum atomic E-state index is -0.463. The quantitative estimate of drug-likeness (QED) is 0.569. The van der Waals surface area contributed by atoms with E-state index in [-0.39, 0.29) is 11.3 Å². The average molecular weight is 230 g/mol. The molecule has 96 valence electrons. The Morgan fingerprint density at radius 1 is 1.38 bits per heavy atom. The summed E-state index contributed by atoms with van der Waals surface area (Å²) in [6.45, 7) is 9.78. The molecule has 0 aromatic rings. The van der Waals surface area contributed by atoms with Crippen LogP contribution in [0.5, 0.6) is 0 Å². The number of amides is 1. The van der Waals surface area contributed by atoms with E-state index in [1.54, 1.807) is 0 Å². The van der Waals surface area contributed by atoms with Crippen molar-refractivity contribution in [2.24, 2.45) is 5.41 Å². The second kappa shape index (κ2) is 7.63. The molecular formula is C12H26N2O2. The molecule has 4 nitrogen and oxygen atoms in total. The molecule has 0 radical (unpaired) electrons. The van der Waals surface area contributed by atoms with Crippen LogP contribution < -0.4 is 10.6 Å². The molecule has 1 atom stereocenters. The highest BCUT2D eigenvalue weighted by atomic mass is 16.3. The normalized spacial score (nSPS) is 13.6. The van der Waals surface area contributed by atoms with E-state index in [4.69, 9.17) is 0 Å². The van der Waals surface area contributed by atoms with Crippen LogP contribution in [0, 0.1) is 5.41 Å². The monoisotopic (exact) mass is 230 g/mol. The van der Waals surface area contributed by atoms with Gasteiger partial charge >= 0.3 is 0 Å². The number of nitrogens with one attached hydrogen (secondary N) is 2. The van der Waals surface area contributed by atoms with Gasteiger partial charge in [0.1, 0.15) is 0 Å². The van der Waals surface area contributed by atoms with E-state index in [9.17, 15) is 9.90 Å².